The van der Waals surface area contributed by atoms with Crippen LogP contribution in [0.25, 0.3) is 0 Å². The molecule has 2 heterocycles. The maximum atomic E-state index is 11.8. The lowest BCUT2D eigenvalue weighted by Crippen LogP contribution is -2.56. The zero-order valence-corrected chi connectivity index (χ0v) is 22.3. The predicted molar refractivity (Wildman–Crippen MR) is 147 cm³/mol. The number of ether oxygens (including phenoxy) is 4. The second kappa shape index (κ2) is 13.3. The topological polar surface area (TPSA) is 77.5 Å². The second-order valence-corrected chi connectivity index (χ2v) is 10.3. The summed E-state index contributed by atoms with van der Waals surface area (Å²) in [6, 6.07) is 30.0. The zero-order chi connectivity index (χ0) is 27.0. The molecule has 0 bridgehead atoms. The van der Waals surface area contributed by atoms with Gasteiger partial charge in [-0.1, -0.05) is 91.0 Å². The molecule has 2 aliphatic rings. The average molecular weight is 532 g/mol. The van der Waals surface area contributed by atoms with Crippen molar-refractivity contribution in [3.05, 3.63) is 108 Å². The third-order valence-electron chi connectivity index (χ3n) is 7.53. The standard InChI is InChI=1S/C32H37NO6/c1-23(34)39-30-18-33-27(17-29(30)35)31(37-20-25-13-7-3-8-14-25)32(38-21-26-15-9-4-10-16-26)28(33)22-36-19-24-11-5-2-6-12-24/h2-16,27-32,35H,17-22H2,1H3/t27-,28-,29-,30-,31-,32-/m1/s1. The Hall–Kier alpha value is -3.07. The Kier molecular flexibility index (Phi) is 9.40. The molecule has 206 valence electrons. The molecule has 3 aromatic rings. The molecule has 3 aromatic carbocycles. The Morgan fingerprint density at radius 1 is 0.795 bits per heavy atom. The van der Waals surface area contributed by atoms with Gasteiger partial charge in [-0.3, -0.25) is 9.69 Å². The number of hydrogen-bond acceptors (Lipinski definition) is 7. The van der Waals surface area contributed by atoms with Crippen LogP contribution >= 0.6 is 0 Å². The van der Waals surface area contributed by atoms with Crippen LogP contribution < -0.4 is 0 Å². The van der Waals surface area contributed by atoms with Crippen molar-refractivity contribution >= 4 is 5.97 Å². The number of benzene rings is 3. The van der Waals surface area contributed by atoms with E-state index >= 15 is 0 Å². The number of aliphatic hydroxyl groups excluding tert-OH is 1. The molecule has 7 nitrogen and oxygen atoms in total. The van der Waals surface area contributed by atoms with E-state index in [0.717, 1.165) is 16.7 Å². The highest BCUT2D eigenvalue weighted by Gasteiger charge is 2.54. The van der Waals surface area contributed by atoms with Gasteiger partial charge in [0, 0.05) is 19.5 Å². The summed E-state index contributed by atoms with van der Waals surface area (Å²) in [6.07, 6.45) is -1.59. The van der Waals surface area contributed by atoms with E-state index < -0.39 is 18.2 Å². The second-order valence-electron chi connectivity index (χ2n) is 10.3. The van der Waals surface area contributed by atoms with E-state index in [1.54, 1.807) is 0 Å². The summed E-state index contributed by atoms with van der Waals surface area (Å²) >= 11 is 0. The molecule has 0 spiro atoms. The number of piperidine rings is 1. The number of carbonyl (C=O) groups is 1. The van der Waals surface area contributed by atoms with Crippen molar-refractivity contribution < 1.29 is 28.8 Å². The summed E-state index contributed by atoms with van der Waals surface area (Å²) in [6.45, 7) is 3.53. The van der Waals surface area contributed by atoms with Crippen LogP contribution in [-0.2, 0) is 43.6 Å². The normalized spacial score (nSPS) is 26.7. The van der Waals surface area contributed by atoms with E-state index in [2.05, 4.69) is 4.90 Å². The summed E-state index contributed by atoms with van der Waals surface area (Å²) in [7, 11) is 0. The van der Waals surface area contributed by atoms with Crippen molar-refractivity contribution in [2.24, 2.45) is 0 Å². The van der Waals surface area contributed by atoms with Crippen LogP contribution in [0, 0.1) is 0 Å². The van der Waals surface area contributed by atoms with Gasteiger partial charge in [-0.15, -0.1) is 0 Å². The zero-order valence-electron chi connectivity index (χ0n) is 22.3. The molecule has 2 aliphatic heterocycles. The predicted octanol–water partition coefficient (Wildman–Crippen LogP) is 4.12. The Morgan fingerprint density at radius 3 is 1.85 bits per heavy atom. The first-order valence-corrected chi connectivity index (χ1v) is 13.6. The minimum absolute atomic E-state index is 0.110. The fourth-order valence-corrected chi connectivity index (χ4v) is 5.67. The molecule has 2 saturated heterocycles. The van der Waals surface area contributed by atoms with Crippen molar-refractivity contribution in [3.8, 4) is 0 Å². The van der Waals surface area contributed by atoms with Gasteiger partial charge < -0.3 is 24.1 Å². The van der Waals surface area contributed by atoms with Crippen molar-refractivity contribution in [1.82, 2.24) is 4.90 Å². The molecule has 5 rings (SSSR count). The Morgan fingerprint density at radius 2 is 1.31 bits per heavy atom. The SMILES string of the molecule is CC(=O)O[C@@H]1CN2[C@H](COCc3ccccc3)[C@@H](OCc3ccccc3)[C@H](OCc3ccccc3)[C@H]2C[C@H]1O. The van der Waals surface area contributed by atoms with Gasteiger partial charge in [-0.2, -0.15) is 0 Å². The molecule has 0 unspecified atom stereocenters. The number of hydrogen-bond donors (Lipinski definition) is 1. The highest BCUT2D eigenvalue weighted by molar-refractivity contribution is 5.66. The summed E-state index contributed by atoms with van der Waals surface area (Å²) < 4.78 is 24.9. The van der Waals surface area contributed by atoms with Crippen LogP contribution in [0.2, 0.25) is 0 Å². The lowest BCUT2D eigenvalue weighted by Gasteiger charge is -2.41. The molecule has 0 amide bonds. The molecule has 39 heavy (non-hydrogen) atoms. The van der Waals surface area contributed by atoms with Crippen LogP contribution in [0.15, 0.2) is 91.0 Å². The van der Waals surface area contributed by atoms with Gasteiger partial charge in [0.25, 0.3) is 0 Å². The van der Waals surface area contributed by atoms with Gasteiger partial charge in [-0.25, -0.2) is 0 Å². The highest BCUT2D eigenvalue weighted by atomic mass is 16.6. The molecule has 0 aliphatic carbocycles. The number of carbonyl (C=O) groups excluding carboxylic acids is 1. The van der Waals surface area contributed by atoms with Crippen LogP contribution in [0.3, 0.4) is 0 Å². The maximum Gasteiger partial charge on any atom is 0.303 e. The lowest BCUT2D eigenvalue weighted by atomic mass is 9.95. The highest BCUT2D eigenvalue weighted by Crippen LogP contribution is 2.38. The Labute approximate surface area is 230 Å². The minimum Gasteiger partial charge on any atom is -0.458 e. The summed E-state index contributed by atoms with van der Waals surface area (Å²) in [5.74, 6) is -0.401. The van der Waals surface area contributed by atoms with Crippen LogP contribution in [0.1, 0.15) is 30.0 Å². The lowest BCUT2D eigenvalue weighted by molar-refractivity contribution is -0.161. The van der Waals surface area contributed by atoms with Gasteiger partial charge in [0.2, 0.25) is 0 Å². The fraction of sp³-hybridized carbons (Fsp3) is 0.406. The first kappa shape index (κ1) is 27.5. The van der Waals surface area contributed by atoms with Crippen LogP contribution in [0.4, 0.5) is 0 Å². The minimum atomic E-state index is -0.781. The van der Waals surface area contributed by atoms with E-state index in [0.29, 0.717) is 39.4 Å². The largest absolute Gasteiger partial charge is 0.458 e. The van der Waals surface area contributed by atoms with Gasteiger partial charge >= 0.3 is 5.97 Å². The third kappa shape index (κ3) is 7.12. The summed E-state index contributed by atoms with van der Waals surface area (Å²) in [5.41, 5.74) is 3.24. The molecular weight excluding hydrogens is 494 g/mol. The third-order valence-corrected chi connectivity index (χ3v) is 7.53. The van der Waals surface area contributed by atoms with Gasteiger partial charge in [-0.05, 0) is 23.1 Å². The first-order valence-electron chi connectivity index (χ1n) is 13.6. The van der Waals surface area contributed by atoms with E-state index in [9.17, 15) is 9.90 Å². The Bertz CT molecular complexity index is 1160. The number of aliphatic hydroxyl groups is 1. The first-order chi connectivity index (χ1) is 19.1. The number of esters is 1. The van der Waals surface area contributed by atoms with Gasteiger partial charge in [0.1, 0.15) is 18.3 Å². The van der Waals surface area contributed by atoms with E-state index in [1.165, 1.54) is 6.92 Å². The number of nitrogens with zero attached hydrogens (tertiary/aromatic N) is 1. The van der Waals surface area contributed by atoms with Crippen LogP contribution in [0.5, 0.6) is 0 Å². The van der Waals surface area contributed by atoms with E-state index in [1.807, 2.05) is 91.0 Å². The quantitative estimate of drug-likeness (QED) is 0.373. The average Bonchev–Trinajstić information content (AvgIpc) is 3.23. The molecule has 6 atom stereocenters. The molecule has 0 aromatic heterocycles. The monoisotopic (exact) mass is 531 g/mol. The van der Waals surface area contributed by atoms with Crippen molar-refractivity contribution in [2.75, 3.05) is 13.2 Å². The fourth-order valence-electron chi connectivity index (χ4n) is 5.67. The van der Waals surface area contributed by atoms with E-state index in [4.69, 9.17) is 18.9 Å². The molecular formula is C32H37NO6. The van der Waals surface area contributed by atoms with Gasteiger partial charge in [0.05, 0.1) is 38.6 Å². The Balaban J connectivity index is 1.39. The summed E-state index contributed by atoms with van der Waals surface area (Å²) in [5, 5.41) is 10.9. The van der Waals surface area contributed by atoms with Crippen molar-refractivity contribution in [3.63, 3.8) is 0 Å². The van der Waals surface area contributed by atoms with Crippen molar-refractivity contribution in [2.45, 2.75) is 69.7 Å². The smallest absolute Gasteiger partial charge is 0.303 e. The number of rotatable bonds is 11. The molecule has 0 radical (unpaired) electrons. The van der Waals surface area contributed by atoms with Gasteiger partial charge in [0.15, 0.2) is 0 Å². The molecule has 2 fully saturated rings. The molecule has 1 N–H and O–H groups in total. The molecule has 0 saturated carbocycles. The maximum absolute atomic E-state index is 11.8. The van der Waals surface area contributed by atoms with Crippen molar-refractivity contribution in [1.29, 1.82) is 0 Å². The number of fused-ring (bicyclic) bond motifs is 1. The van der Waals surface area contributed by atoms with E-state index in [-0.39, 0.29) is 24.3 Å². The molecule has 7 heteroatoms. The van der Waals surface area contributed by atoms with Crippen LogP contribution in [-0.4, -0.2) is 65.6 Å². The summed E-state index contributed by atoms with van der Waals surface area (Å²) in [4.78, 5) is 14.0.